The minimum atomic E-state index is 0.214. The number of ether oxygens (including phenoxy) is 1. The van der Waals surface area contributed by atoms with Gasteiger partial charge in [0.15, 0.2) is 5.96 Å². The van der Waals surface area contributed by atoms with Crippen LogP contribution in [0.15, 0.2) is 29.3 Å². The van der Waals surface area contributed by atoms with Crippen molar-refractivity contribution in [1.29, 1.82) is 0 Å². The van der Waals surface area contributed by atoms with Crippen molar-refractivity contribution in [3.05, 3.63) is 29.8 Å². The summed E-state index contributed by atoms with van der Waals surface area (Å²) in [7, 11) is 3.51. The SMILES string of the molecule is CN=C(NCCCCc1ccc(OC)cc1)NCC(C)(C)SC. The van der Waals surface area contributed by atoms with Gasteiger partial charge in [-0.3, -0.25) is 4.99 Å². The summed E-state index contributed by atoms with van der Waals surface area (Å²) in [6.45, 7) is 6.30. The van der Waals surface area contributed by atoms with Crippen molar-refractivity contribution in [2.24, 2.45) is 4.99 Å². The normalized spacial score (nSPS) is 12.1. The number of unbranched alkanes of at least 4 members (excludes halogenated alkanes) is 1. The molecule has 0 aromatic heterocycles. The molecule has 0 heterocycles. The maximum atomic E-state index is 5.17. The van der Waals surface area contributed by atoms with E-state index >= 15 is 0 Å². The summed E-state index contributed by atoms with van der Waals surface area (Å²) in [6.07, 6.45) is 5.51. The molecule has 1 aromatic rings. The Bertz CT molecular complexity index is 472. The number of aryl methyl sites for hydroxylation is 1. The number of nitrogens with one attached hydrogen (secondary N) is 2. The van der Waals surface area contributed by atoms with Gasteiger partial charge in [0.2, 0.25) is 0 Å². The second kappa shape index (κ2) is 10.4. The molecule has 1 aromatic carbocycles. The largest absolute Gasteiger partial charge is 0.497 e. The predicted octanol–water partition coefficient (Wildman–Crippen LogP) is 3.32. The highest BCUT2D eigenvalue weighted by Crippen LogP contribution is 2.19. The van der Waals surface area contributed by atoms with Crippen molar-refractivity contribution in [3.63, 3.8) is 0 Å². The van der Waals surface area contributed by atoms with Gasteiger partial charge >= 0.3 is 0 Å². The highest BCUT2D eigenvalue weighted by Gasteiger charge is 2.15. The van der Waals surface area contributed by atoms with Gasteiger partial charge in [0.25, 0.3) is 0 Å². The summed E-state index contributed by atoms with van der Waals surface area (Å²) in [5, 5.41) is 6.77. The van der Waals surface area contributed by atoms with Gasteiger partial charge in [-0.15, -0.1) is 0 Å². The van der Waals surface area contributed by atoms with E-state index < -0.39 is 0 Å². The van der Waals surface area contributed by atoms with Crippen LogP contribution in [-0.2, 0) is 6.42 Å². The molecular formula is C18H31N3OS. The molecule has 4 nitrogen and oxygen atoms in total. The van der Waals surface area contributed by atoms with E-state index in [1.165, 1.54) is 5.56 Å². The molecule has 1 rings (SSSR count). The number of nitrogens with zero attached hydrogens (tertiary/aromatic N) is 1. The first-order valence-corrected chi connectivity index (χ1v) is 9.36. The van der Waals surface area contributed by atoms with Gasteiger partial charge in [-0.05, 0) is 57.1 Å². The van der Waals surface area contributed by atoms with Crippen LogP contribution >= 0.6 is 11.8 Å². The van der Waals surface area contributed by atoms with Crippen LogP contribution in [0, 0.1) is 0 Å². The second-order valence-electron chi connectivity index (χ2n) is 6.12. The first-order chi connectivity index (χ1) is 11.0. The zero-order chi connectivity index (χ0) is 17.1. The Kier molecular flexibility index (Phi) is 8.92. The number of thioether (sulfide) groups is 1. The minimum absolute atomic E-state index is 0.214. The molecule has 23 heavy (non-hydrogen) atoms. The molecule has 0 saturated heterocycles. The summed E-state index contributed by atoms with van der Waals surface area (Å²) in [5.74, 6) is 1.80. The van der Waals surface area contributed by atoms with Gasteiger partial charge in [0.05, 0.1) is 7.11 Å². The lowest BCUT2D eigenvalue weighted by Crippen LogP contribution is -2.43. The number of aliphatic imine (C=N–C) groups is 1. The van der Waals surface area contributed by atoms with E-state index in [4.69, 9.17) is 4.74 Å². The molecule has 0 unspecified atom stereocenters. The molecule has 0 bridgehead atoms. The third-order valence-corrected chi connectivity index (χ3v) is 5.05. The fraction of sp³-hybridized carbons (Fsp3) is 0.611. The molecule has 0 fully saturated rings. The Morgan fingerprint density at radius 3 is 2.43 bits per heavy atom. The number of rotatable bonds is 9. The minimum Gasteiger partial charge on any atom is -0.497 e. The molecule has 0 amide bonds. The topological polar surface area (TPSA) is 45.7 Å². The van der Waals surface area contributed by atoms with Gasteiger partial charge in [-0.25, -0.2) is 0 Å². The Morgan fingerprint density at radius 1 is 1.17 bits per heavy atom. The van der Waals surface area contributed by atoms with E-state index in [1.807, 2.05) is 30.9 Å². The lowest BCUT2D eigenvalue weighted by atomic mass is 10.1. The fourth-order valence-electron chi connectivity index (χ4n) is 2.04. The van der Waals surface area contributed by atoms with Crippen molar-refractivity contribution in [1.82, 2.24) is 10.6 Å². The van der Waals surface area contributed by atoms with Crippen LogP contribution in [0.5, 0.6) is 5.75 Å². The van der Waals surface area contributed by atoms with E-state index in [9.17, 15) is 0 Å². The maximum absolute atomic E-state index is 5.17. The summed E-state index contributed by atoms with van der Waals surface area (Å²) in [5.41, 5.74) is 1.36. The molecule has 0 saturated carbocycles. The van der Waals surface area contributed by atoms with Crippen LogP contribution < -0.4 is 15.4 Å². The van der Waals surface area contributed by atoms with Crippen LogP contribution in [0.25, 0.3) is 0 Å². The van der Waals surface area contributed by atoms with E-state index in [-0.39, 0.29) is 4.75 Å². The molecule has 0 atom stereocenters. The zero-order valence-corrected chi connectivity index (χ0v) is 15.9. The quantitative estimate of drug-likeness (QED) is 0.412. The van der Waals surface area contributed by atoms with Crippen molar-refractivity contribution < 1.29 is 4.74 Å². The molecular weight excluding hydrogens is 306 g/mol. The number of methoxy groups -OCH3 is 1. The Morgan fingerprint density at radius 2 is 1.87 bits per heavy atom. The van der Waals surface area contributed by atoms with Crippen molar-refractivity contribution in [2.45, 2.75) is 37.9 Å². The molecule has 0 aliphatic carbocycles. The van der Waals surface area contributed by atoms with Crippen LogP contribution in [0.3, 0.4) is 0 Å². The smallest absolute Gasteiger partial charge is 0.191 e. The van der Waals surface area contributed by atoms with Gasteiger partial charge in [-0.2, -0.15) is 11.8 Å². The van der Waals surface area contributed by atoms with Crippen molar-refractivity contribution in [2.75, 3.05) is 33.5 Å². The number of guanidine groups is 1. The molecule has 130 valence electrons. The number of benzene rings is 1. The lowest BCUT2D eigenvalue weighted by Gasteiger charge is -2.23. The van der Waals surface area contributed by atoms with Gasteiger partial charge in [-0.1, -0.05) is 12.1 Å². The number of hydrogen-bond acceptors (Lipinski definition) is 3. The first-order valence-electron chi connectivity index (χ1n) is 8.13. The van der Waals surface area contributed by atoms with Crippen LogP contribution in [-0.4, -0.2) is 44.2 Å². The monoisotopic (exact) mass is 337 g/mol. The summed E-state index contributed by atoms with van der Waals surface area (Å²) >= 11 is 1.86. The molecule has 0 aliphatic heterocycles. The van der Waals surface area contributed by atoms with Crippen LogP contribution in [0.4, 0.5) is 0 Å². The van der Waals surface area contributed by atoms with E-state index in [0.29, 0.717) is 0 Å². The third kappa shape index (κ3) is 8.16. The third-order valence-electron chi connectivity index (χ3n) is 3.80. The molecule has 5 heteroatoms. The zero-order valence-electron chi connectivity index (χ0n) is 15.1. The van der Waals surface area contributed by atoms with Crippen molar-refractivity contribution in [3.8, 4) is 5.75 Å². The fourth-order valence-corrected chi connectivity index (χ4v) is 2.26. The number of hydrogen-bond donors (Lipinski definition) is 2. The molecule has 0 spiro atoms. The predicted molar refractivity (Wildman–Crippen MR) is 103 cm³/mol. The standard InChI is InChI=1S/C18H31N3OS/c1-18(2,23-5)14-21-17(19-3)20-13-7-6-8-15-9-11-16(22-4)12-10-15/h9-12H,6-8,13-14H2,1-5H3,(H2,19,20,21). The maximum Gasteiger partial charge on any atom is 0.191 e. The summed E-state index contributed by atoms with van der Waals surface area (Å²) in [4.78, 5) is 4.27. The Balaban J connectivity index is 2.19. The lowest BCUT2D eigenvalue weighted by molar-refractivity contribution is 0.414. The van der Waals surface area contributed by atoms with Crippen molar-refractivity contribution >= 4 is 17.7 Å². The Hall–Kier alpha value is -1.36. The van der Waals surface area contributed by atoms with Crippen LogP contribution in [0.1, 0.15) is 32.3 Å². The van der Waals surface area contributed by atoms with Gasteiger partial charge in [0.1, 0.15) is 5.75 Å². The first kappa shape index (κ1) is 19.7. The van der Waals surface area contributed by atoms with E-state index in [2.05, 4.69) is 47.9 Å². The molecule has 2 N–H and O–H groups in total. The summed E-state index contributed by atoms with van der Waals surface area (Å²) in [6, 6.07) is 8.31. The average Bonchev–Trinajstić information content (AvgIpc) is 2.57. The molecule has 0 aliphatic rings. The van der Waals surface area contributed by atoms with Gasteiger partial charge in [0, 0.05) is 24.9 Å². The summed E-state index contributed by atoms with van der Waals surface area (Å²) < 4.78 is 5.39. The molecule has 0 radical (unpaired) electrons. The van der Waals surface area contributed by atoms with E-state index in [0.717, 1.165) is 44.1 Å². The van der Waals surface area contributed by atoms with Gasteiger partial charge < -0.3 is 15.4 Å². The highest BCUT2D eigenvalue weighted by atomic mass is 32.2. The van der Waals surface area contributed by atoms with Crippen LogP contribution in [0.2, 0.25) is 0 Å². The van der Waals surface area contributed by atoms with E-state index in [1.54, 1.807) is 7.11 Å². The Labute approximate surface area is 145 Å². The average molecular weight is 338 g/mol. The highest BCUT2D eigenvalue weighted by molar-refractivity contribution is 7.99. The second-order valence-corrected chi connectivity index (χ2v) is 7.63.